The van der Waals surface area contributed by atoms with E-state index in [4.69, 9.17) is 4.74 Å². The molecule has 0 saturated carbocycles. The second-order valence-corrected chi connectivity index (χ2v) is 6.55. The molecule has 0 fully saturated rings. The number of halogens is 1. The molecule has 3 rings (SSSR count). The van der Waals surface area contributed by atoms with E-state index in [9.17, 15) is 14.0 Å². The zero-order valence-corrected chi connectivity index (χ0v) is 15.9. The Labute approximate surface area is 162 Å². The largest absolute Gasteiger partial charge is 0.452 e. The van der Waals surface area contributed by atoms with Crippen LogP contribution in [-0.4, -0.2) is 40.4 Å². The van der Waals surface area contributed by atoms with E-state index in [0.29, 0.717) is 22.2 Å². The van der Waals surface area contributed by atoms with Crippen molar-refractivity contribution < 1.29 is 18.7 Å². The minimum atomic E-state index is -0.616. The number of fused-ring (bicyclic) bond motifs is 1. The van der Waals surface area contributed by atoms with Crippen molar-refractivity contribution in [3.63, 3.8) is 0 Å². The molecule has 28 heavy (non-hydrogen) atoms. The molecule has 7 heteroatoms. The van der Waals surface area contributed by atoms with Crippen molar-refractivity contribution in [3.05, 3.63) is 70.8 Å². The molecule has 0 atom stereocenters. The van der Waals surface area contributed by atoms with Crippen molar-refractivity contribution in [3.8, 4) is 0 Å². The van der Waals surface area contributed by atoms with Gasteiger partial charge in [-0.1, -0.05) is 12.1 Å². The number of aromatic nitrogens is 2. The highest BCUT2D eigenvalue weighted by Crippen LogP contribution is 2.15. The standard InChI is InChI=1S/C21H20FN3O3/c1-13-14(2)24-19-10-16(7-8-18(19)23-13)21(27)28-12-20(26)25(3)11-15-5-4-6-17(22)9-15/h4-10H,11-12H2,1-3H3. The van der Waals surface area contributed by atoms with Crippen LogP contribution < -0.4 is 0 Å². The Morgan fingerprint density at radius 1 is 1.04 bits per heavy atom. The Balaban J connectivity index is 1.62. The Hall–Kier alpha value is -3.35. The van der Waals surface area contributed by atoms with Crippen LogP contribution in [0.1, 0.15) is 27.3 Å². The van der Waals surface area contributed by atoms with Gasteiger partial charge >= 0.3 is 5.97 Å². The number of benzene rings is 2. The maximum absolute atomic E-state index is 13.2. The van der Waals surface area contributed by atoms with E-state index in [1.165, 1.54) is 17.0 Å². The number of carbonyl (C=O) groups excluding carboxylic acids is 2. The molecule has 2 aromatic carbocycles. The summed E-state index contributed by atoms with van der Waals surface area (Å²) in [4.78, 5) is 34.7. The zero-order valence-electron chi connectivity index (χ0n) is 15.9. The smallest absolute Gasteiger partial charge is 0.338 e. The monoisotopic (exact) mass is 381 g/mol. The predicted octanol–water partition coefficient (Wildman–Crippen LogP) is 3.20. The molecule has 1 heterocycles. The van der Waals surface area contributed by atoms with Crippen molar-refractivity contribution >= 4 is 22.9 Å². The molecule has 1 amide bonds. The van der Waals surface area contributed by atoms with E-state index in [2.05, 4.69) is 9.97 Å². The summed E-state index contributed by atoms with van der Waals surface area (Å²) in [5, 5.41) is 0. The average Bonchev–Trinajstić information content (AvgIpc) is 2.66. The summed E-state index contributed by atoms with van der Waals surface area (Å²) in [6.45, 7) is 3.54. The number of amides is 1. The first-order chi connectivity index (χ1) is 13.3. The van der Waals surface area contributed by atoms with Gasteiger partial charge < -0.3 is 9.64 Å². The minimum absolute atomic E-state index is 0.221. The van der Waals surface area contributed by atoms with Gasteiger partial charge in [-0.3, -0.25) is 4.79 Å². The van der Waals surface area contributed by atoms with Gasteiger partial charge in [0.25, 0.3) is 5.91 Å². The Bertz CT molecular complexity index is 1050. The lowest BCUT2D eigenvalue weighted by Gasteiger charge is -2.17. The van der Waals surface area contributed by atoms with Crippen LogP contribution in [0.2, 0.25) is 0 Å². The maximum atomic E-state index is 13.2. The number of likely N-dealkylation sites (N-methyl/N-ethyl adjacent to an activating group) is 1. The highest BCUT2D eigenvalue weighted by Gasteiger charge is 2.15. The second kappa shape index (κ2) is 8.12. The normalized spacial score (nSPS) is 10.7. The minimum Gasteiger partial charge on any atom is -0.452 e. The molecule has 0 aliphatic heterocycles. The van der Waals surface area contributed by atoms with Crippen molar-refractivity contribution in [2.24, 2.45) is 0 Å². The summed E-state index contributed by atoms with van der Waals surface area (Å²) in [5.41, 5.74) is 3.84. The molecule has 0 aliphatic rings. The number of ether oxygens (including phenoxy) is 1. The van der Waals surface area contributed by atoms with Gasteiger partial charge in [0.1, 0.15) is 5.82 Å². The van der Waals surface area contributed by atoms with Crippen LogP contribution in [0.5, 0.6) is 0 Å². The van der Waals surface area contributed by atoms with E-state index in [1.807, 2.05) is 13.8 Å². The Morgan fingerprint density at radius 3 is 2.46 bits per heavy atom. The summed E-state index contributed by atoms with van der Waals surface area (Å²) >= 11 is 0. The summed E-state index contributed by atoms with van der Waals surface area (Å²) in [6, 6.07) is 10.9. The van der Waals surface area contributed by atoms with Crippen molar-refractivity contribution in [1.29, 1.82) is 0 Å². The van der Waals surface area contributed by atoms with Crippen LogP contribution in [0, 0.1) is 19.7 Å². The number of esters is 1. The first-order valence-corrected chi connectivity index (χ1v) is 8.74. The summed E-state index contributed by atoms with van der Waals surface area (Å²) in [5.74, 6) is -1.37. The molecule has 144 valence electrons. The molecule has 3 aromatic rings. The van der Waals surface area contributed by atoms with Crippen LogP contribution in [0.15, 0.2) is 42.5 Å². The first kappa shape index (κ1) is 19.4. The fraction of sp³-hybridized carbons (Fsp3) is 0.238. The molecule has 0 aliphatic carbocycles. The zero-order chi connectivity index (χ0) is 20.3. The van der Waals surface area contributed by atoms with Crippen LogP contribution in [0.4, 0.5) is 4.39 Å². The molecule has 6 nitrogen and oxygen atoms in total. The number of aryl methyl sites for hydroxylation is 2. The average molecular weight is 381 g/mol. The van der Waals surface area contributed by atoms with Gasteiger partial charge in [0.15, 0.2) is 6.61 Å². The Kier molecular flexibility index (Phi) is 5.63. The van der Waals surface area contributed by atoms with E-state index in [0.717, 1.165) is 11.4 Å². The third kappa shape index (κ3) is 4.49. The summed E-state index contributed by atoms with van der Waals surface area (Å²) in [7, 11) is 1.57. The number of rotatable bonds is 5. The number of carbonyl (C=O) groups is 2. The summed E-state index contributed by atoms with van der Waals surface area (Å²) < 4.78 is 18.4. The summed E-state index contributed by atoms with van der Waals surface area (Å²) in [6.07, 6.45) is 0. The fourth-order valence-corrected chi connectivity index (χ4v) is 2.68. The van der Waals surface area contributed by atoms with Gasteiger partial charge in [-0.2, -0.15) is 0 Å². The molecular formula is C21H20FN3O3. The van der Waals surface area contributed by atoms with Crippen molar-refractivity contribution in [2.45, 2.75) is 20.4 Å². The predicted molar refractivity (Wildman–Crippen MR) is 102 cm³/mol. The lowest BCUT2D eigenvalue weighted by atomic mass is 10.2. The van der Waals surface area contributed by atoms with Crippen LogP contribution in [0.3, 0.4) is 0 Å². The molecule has 1 aromatic heterocycles. The van der Waals surface area contributed by atoms with Gasteiger partial charge in [0, 0.05) is 13.6 Å². The van der Waals surface area contributed by atoms with E-state index in [1.54, 1.807) is 37.4 Å². The number of hydrogen-bond acceptors (Lipinski definition) is 5. The van der Waals surface area contributed by atoms with Gasteiger partial charge in [-0.05, 0) is 49.7 Å². The number of hydrogen-bond donors (Lipinski definition) is 0. The topological polar surface area (TPSA) is 72.4 Å². The van der Waals surface area contributed by atoms with Crippen LogP contribution >= 0.6 is 0 Å². The van der Waals surface area contributed by atoms with E-state index >= 15 is 0 Å². The molecule has 0 unspecified atom stereocenters. The highest BCUT2D eigenvalue weighted by atomic mass is 19.1. The fourth-order valence-electron chi connectivity index (χ4n) is 2.68. The van der Waals surface area contributed by atoms with Crippen molar-refractivity contribution in [2.75, 3.05) is 13.7 Å². The van der Waals surface area contributed by atoms with Gasteiger partial charge in [-0.25, -0.2) is 19.2 Å². The van der Waals surface area contributed by atoms with Gasteiger partial charge in [0.2, 0.25) is 0 Å². The van der Waals surface area contributed by atoms with E-state index in [-0.39, 0.29) is 18.3 Å². The van der Waals surface area contributed by atoms with Crippen molar-refractivity contribution in [1.82, 2.24) is 14.9 Å². The quantitative estimate of drug-likeness (QED) is 0.635. The highest BCUT2D eigenvalue weighted by molar-refractivity contribution is 5.94. The van der Waals surface area contributed by atoms with Gasteiger partial charge in [0.05, 0.1) is 28.0 Å². The first-order valence-electron chi connectivity index (χ1n) is 8.74. The third-order valence-electron chi connectivity index (χ3n) is 4.37. The van der Waals surface area contributed by atoms with E-state index < -0.39 is 12.6 Å². The third-order valence-corrected chi connectivity index (χ3v) is 4.37. The maximum Gasteiger partial charge on any atom is 0.338 e. The Morgan fingerprint density at radius 2 is 1.75 bits per heavy atom. The molecule has 0 N–H and O–H groups in total. The lowest BCUT2D eigenvalue weighted by Crippen LogP contribution is -2.30. The van der Waals surface area contributed by atoms with Gasteiger partial charge in [-0.15, -0.1) is 0 Å². The molecule has 0 saturated heterocycles. The molecule has 0 bridgehead atoms. The molecule has 0 radical (unpaired) electrons. The number of nitrogens with zero attached hydrogens (tertiary/aromatic N) is 3. The van der Waals surface area contributed by atoms with Crippen LogP contribution in [-0.2, 0) is 16.1 Å². The second-order valence-electron chi connectivity index (χ2n) is 6.55. The molecular weight excluding hydrogens is 361 g/mol. The van der Waals surface area contributed by atoms with Crippen LogP contribution in [0.25, 0.3) is 11.0 Å². The SMILES string of the molecule is Cc1nc2ccc(C(=O)OCC(=O)N(C)Cc3cccc(F)c3)cc2nc1C. The molecule has 0 spiro atoms. The lowest BCUT2D eigenvalue weighted by molar-refractivity contribution is -0.133.